The molecule has 0 aliphatic carbocycles. The van der Waals surface area contributed by atoms with Crippen molar-refractivity contribution in [2.45, 2.75) is 32.2 Å². The van der Waals surface area contributed by atoms with E-state index in [0.717, 1.165) is 0 Å². The highest BCUT2D eigenvalue weighted by atomic mass is 16.5. The third-order valence-electron chi connectivity index (χ3n) is 3.06. The molecule has 1 unspecified atom stereocenters. The zero-order valence-corrected chi connectivity index (χ0v) is 11.9. The Morgan fingerprint density at radius 2 is 1.95 bits per heavy atom. The van der Waals surface area contributed by atoms with Crippen LogP contribution >= 0.6 is 0 Å². The van der Waals surface area contributed by atoms with E-state index in [1.165, 1.54) is 6.92 Å². The summed E-state index contributed by atoms with van der Waals surface area (Å²) in [6, 6.07) is 8.68. The van der Waals surface area contributed by atoms with Crippen molar-refractivity contribution >= 4 is 11.9 Å². The second kappa shape index (κ2) is 7.65. The Bertz CT molecular complexity index is 446. The van der Waals surface area contributed by atoms with Crippen LogP contribution in [0, 0.1) is 0 Å². The number of hydrogen-bond donors (Lipinski definition) is 2. The molecule has 0 saturated carbocycles. The number of carboxylic acids is 1. The zero-order chi connectivity index (χ0) is 15.0. The van der Waals surface area contributed by atoms with E-state index in [-0.39, 0.29) is 12.3 Å². The lowest BCUT2D eigenvalue weighted by Gasteiger charge is -2.26. The molecular weight excluding hydrogens is 258 g/mol. The van der Waals surface area contributed by atoms with E-state index in [1.807, 2.05) is 6.92 Å². The highest BCUT2D eigenvalue weighted by Crippen LogP contribution is 2.21. The normalized spacial score (nSPS) is 13.5. The first-order valence-electron chi connectivity index (χ1n) is 6.68. The summed E-state index contributed by atoms with van der Waals surface area (Å²) in [4.78, 5) is 23.4. The molecule has 1 aromatic carbocycles. The predicted octanol–water partition coefficient (Wildman–Crippen LogP) is 1.92. The van der Waals surface area contributed by atoms with E-state index in [2.05, 4.69) is 5.32 Å². The first kappa shape index (κ1) is 16.2. The number of nitrogens with one attached hydrogen (secondary N) is 1. The van der Waals surface area contributed by atoms with Crippen LogP contribution in [0.2, 0.25) is 0 Å². The zero-order valence-electron chi connectivity index (χ0n) is 11.9. The number of benzene rings is 1. The van der Waals surface area contributed by atoms with Crippen LogP contribution in [0.15, 0.2) is 30.3 Å². The molecule has 0 saturated heterocycles. The maximum Gasteiger partial charge on any atom is 0.333 e. The minimum Gasteiger partial charge on any atom is -0.479 e. The van der Waals surface area contributed by atoms with Gasteiger partial charge in [-0.2, -0.15) is 0 Å². The Morgan fingerprint density at radius 3 is 2.50 bits per heavy atom. The van der Waals surface area contributed by atoms with Crippen LogP contribution in [-0.2, 0) is 19.9 Å². The van der Waals surface area contributed by atoms with E-state index in [4.69, 9.17) is 4.74 Å². The van der Waals surface area contributed by atoms with Crippen molar-refractivity contribution in [2.24, 2.45) is 0 Å². The largest absolute Gasteiger partial charge is 0.479 e. The van der Waals surface area contributed by atoms with E-state index >= 15 is 0 Å². The molecule has 5 nitrogen and oxygen atoms in total. The number of carbonyl (C=O) groups excluding carboxylic acids is 1. The Hall–Kier alpha value is -1.88. The van der Waals surface area contributed by atoms with Crippen molar-refractivity contribution < 1.29 is 19.4 Å². The fraction of sp³-hybridized carbons (Fsp3) is 0.467. The lowest BCUT2D eigenvalue weighted by molar-refractivity contribution is -0.147. The molecule has 0 spiro atoms. The maximum absolute atomic E-state index is 11.9. The molecule has 20 heavy (non-hydrogen) atoms. The van der Waals surface area contributed by atoms with Crippen molar-refractivity contribution in [3.63, 3.8) is 0 Å². The molecular formula is C15H21NO4. The first-order chi connectivity index (χ1) is 9.50. The van der Waals surface area contributed by atoms with Gasteiger partial charge in [0.25, 0.3) is 0 Å². The predicted molar refractivity (Wildman–Crippen MR) is 75.3 cm³/mol. The molecule has 1 aromatic rings. The van der Waals surface area contributed by atoms with Gasteiger partial charge in [0.2, 0.25) is 5.91 Å². The van der Waals surface area contributed by atoms with Crippen molar-refractivity contribution in [1.82, 2.24) is 5.32 Å². The van der Waals surface area contributed by atoms with Gasteiger partial charge in [0.1, 0.15) is 0 Å². The third kappa shape index (κ3) is 4.35. The Kier molecular flexibility index (Phi) is 6.18. The van der Waals surface area contributed by atoms with Gasteiger partial charge in [0.05, 0.1) is 0 Å². The van der Waals surface area contributed by atoms with Crippen molar-refractivity contribution in [1.29, 1.82) is 0 Å². The lowest BCUT2D eigenvalue weighted by atomic mass is 9.92. The van der Waals surface area contributed by atoms with Crippen LogP contribution in [0.3, 0.4) is 0 Å². The summed E-state index contributed by atoms with van der Waals surface area (Å²) < 4.78 is 5.15. The summed E-state index contributed by atoms with van der Waals surface area (Å²) in [6.07, 6.45) is 0.819. The summed E-state index contributed by atoms with van der Waals surface area (Å²) in [6.45, 7) is 4.49. The van der Waals surface area contributed by atoms with Gasteiger partial charge in [0.15, 0.2) is 5.54 Å². The summed E-state index contributed by atoms with van der Waals surface area (Å²) >= 11 is 0. The molecule has 0 aliphatic heterocycles. The SMILES string of the molecule is CCOCCCC(=O)NC(C)(C(=O)O)c1ccccc1. The fourth-order valence-corrected chi connectivity index (χ4v) is 1.84. The van der Waals surface area contributed by atoms with Crippen LogP contribution in [0.1, 0.15) is 32.3 Å². The molecule has 0 heterocycles. The highest BCUT2D eigenvalue weighted by molar-refractivity contribution is 5.87. The summed E-state index contributed by atoms with van der Waals surface area (Å²) in [5.74, 6) is -1.37. The second-order valence-corrected chi connectivity index (χ2v) is 4.64. The van der Waals surface area contributed by atoms with E-state index < -0.39 is 11.5 Å². The molecule has 1 atom stereocenters. The van der Waals surface area contributed by atoms with Gasteiger partial charge >= 0.3 is 5.97 Å². The average Bonchev–Trinajstić information content (AvgIpc) is 2.44. The van der Waals surface area contributed by atoms with Gasteiger partial charge < -0.3 is 15.2 Å². The molecule has 5 heteroatoms. The summed E-state index contributed by atoms with van der Waals surface area (Å²) in [5, 5.41) is 12.0. The Morgan fingerprint density at radius 1 is 1.30 bits per heavy atom. The third-order valence-corrected chi connectivity index (χ3v) is 3.06. The van der Waals surface area contributed by atoms with Crippen molar-refractivity contribution in [3.8, 4) is 0 Å². The molecule has 0 bridgehead atoms. The van der Waals surface area contributed by atoms with Crippen LogP contribution in [0.4, 0.5) is 0 Å². The standard InChI is InChI=1S/C15H21NO4/c1-3-20-11-7-10-13(17)16-15(2,14(18)19)12-8-5-4-6-9-12/h4-6,8-9H,3,7,10-11H2,1-2H3,(H,16,17)(H,18,19). The minimum absolute atomic E-state index is 0.246. The van der Waals surface area contributed by atoms with Crippen LogP contribution in [-0.4, -0.2) is 30.2 Å². The minimum atomic E-state index is -1.41. The van der Waals surface area contributed by atoms with E-state index in [1.54, 1.807) is 30.3 Å². The van der Waals surface area contributed by atoms with Gasteiger partial charge in [-0.25, -0.2) is 4.79 Å². The maximum atomic E-state index is 11.9. The number of amides is 1. The van der Waals surface area contributed by atoms with Gasteiger partial charge in [0, 0.05) is 19.6 Å². The Balaban J connectivity index is 2.68. The van der Waals surface area contributed by atoms with Gasteiger partial charge in [-0.3, -0.25) is 4.79 Å². The summed E-state index contributed by atoms with van der Waals surface area (Å²) in [5.41, 5.74) is -0.866. The molecule has 1 rings (SSSR count). The second-order valence-electron chi connectivity index (χ2n) is 4.64. The topological polar surface area (TPSA) is 75.6 Å². The number of ether oxygens (including phenoxy) is 1. The molecule has 2 N–H and O–H groups in total. The molecule has 0 aromatic heterocycles. The molecule has 0 fully saturated rings. The number of rotatable bonds is 8. The highest BCUT2D eigenvalue weighted by Gasteiger charge is 2.36. The van der Waals surface area contributed by atoms with E-state index in [9.17, 15) is 14.7 Å². The summed E-state index contributed by atoms with van der Waals surface area (Å²) in [7, 11) is 0. The van der Waals surface area contributed by atoms with E-state index in [0.29, 0.717) is 25.2 Å². The van der Waals surface area contributed by atoms with Gasteiger partial charge in [-0.1, -0.05) is 30.3 Å². The van der Waals surface area contributed by atoms with Crippen molar-refractivity contribution in [3.05, 3.63) is 35.9 Å². The average molecular weight is 279 g/mol. The molecule has 0 radical (unpaired) electrons. The molecule has 110 valence electrons. The Labute approximate surface area is 118 Å². The molecule has 1 amide bonds. The smallest absolute Gasteiger partial charge is 0.333 e. The number of carboxylic acid groups (broad SMARTS) is 1. The quantitative estimate of drug-likeness (QED) is 0.713. The van der Waals surface area contributed by atoms with Crippen LogP contribution < -0.4 is 5.32 Å². The number of carbonyl (C=O) groups is 2. The number of aliphatic carboxylic acids is 1. The number of hydrogen-bond acceptors (Lipinski definition) is 3. The van der Waals surface area contributed by atoms with Crippen LogP contribution in [0.25, 0.3) is 0 Å². The van der Waals surface area contributed by atoms with Crippen LogP contribution in [0.5, 0.6) is 0 Å². The lowest BCUT2D eigenvalue weighted by Crippen LogP contribution is -2.49. The van der Waals surface area contributed by atoms with Gasteiger partial charge in [-0.15, -0.1) is 0 Å². The molecule has 0 aliphatic rings. The first-order valence-corrected chi connectivity index (χ1v) is 6.68. The fourth-order valence-electron chi connectivity index (χ4n) is 1.84. The monoisotopic (exact) mass is 279 g/mol. The van der Waals surface area contributed by atoms with Crippen molar-refractivity contribution in [2.75, 3.05) is 13.2 Å². The van der Waals surface area contributed by atoms with Gasteiger partial charge in [-0.05, 0) is 25.8 Å².